The van der Waals surface area contributed by atoms with Crippen molar-refractivity contribution in [2.24, 2.45) is 0 Å². The summed E-state index contributed by atoms with van der Waals surface area (Å²) in [5.41, 5.74) is -0.959. The molecule has 0 unspecified atom stereocenters. The Hall–Kier alpha value is -3.42. The summed E-state index contributed by atoms with van der Waals surface area (Å²) in [6, 6.07) is 14.5. The second-order valence-corrected chi connectivity index (χ2v) is 6.42. The van der Waals surface area contributed by atoms with Crippen LogP contribution in [0.5, 0.6) is 0 Å². The van der Waals surface area contributed by atoms with Gasteiger partial charge in [-0.05, 0) is 37.6 Å². The quantitative estimate of drug-likeness (QED) is 0.604. The maximum Gasteiger partial charge on any atom is 0.416 e. The van der Waals surface area contributed by atoms with Gasteiger partial charge in [0.1, 0.15) is 6.10 Å². The Morgan fingerprint density at radius 2 is 1.76 bits per heavy atom. The molecular weight excluding hydrogens is 385 g/mol. The smallest absolute Gasteiger partial charge is 0.416 e. The molecule has 1 heterocycles. The van der Waals surface area contributed by atoms with Crippen LogP contribution < -0.4 is 5.43 Å². The van der Waals surface area contributed by atoms with Gasteiger partial charge in [0.25, 0.3) is 0 Å². The van der Waals surface area contributed by atoms with Crippen LogP contribution in [0.3, 0.4) is 0 Å². The van der Waals surface area contributed by atoms with E-state index in [1.807, 2.05) is 6.07 Å². The number of carbonyl (C=O) groups is 1. The summed E-state index contributed by atoms with van der Waals surface area (Å²) in [6.45, 7) is 3.16. The number of aromatic nitrogens is 2. The van der Waals surface area contributed by atoms with Crippen molar-refractivity contribution in [3.8, 4) is 5.69 Å². The molecule has 1 atom stereocenters. The van der Waals surface area contributed by atoms with E-state index in [0.717, 1.165) is 28.4 Å². The van der Waals surface area contributed by atoms with E-state index >= 15 is 0 Å². The van der Waals surface area contributed by atoms with Crippen LogP contribution in [0.15, 0.2) is 65.5 Å². The van der Waals surface area contributed by atoms with Crippen molar-refractivity contribution in [1.29, 1.82) is 0 Å². The van der Waals surface area contributed by atoms with E-state index in [9.17, 15) is 22.8 Å². The molecule has 29 heavy (non-hydrogen) atoms. The lowest BCUT2D eigenvalue weighted by Crippen LogP contribution is -2.25. The van der Waals surface area contributed by atoms with Gasteiger partial charge in [0.05, 0.1) is 11.3 Å². The molecule has 0 spiro atoms. The largest absolute Gasteiger partial charge is 0.453 e. The first-order valence-corrected chi connectivity index (χ1v) is 8.71. The first kappa shape index (κ1) is 20.3. The zero-order valence-electron chi connectivity index (χ0n) is 15.6. The third-order valence-electron chi connectivity index (χ3n) is 4.27. The molecule has 0 saturated carbocycles. The summed E-state index contributed by atoms with van der Waals surface area (Å²) in [7, 11) is 0. The van der Waals surface area contributed by atoms with E-state index in [-0.39, 0.29) is 11.4 Å². The van der Waals surface area contributed by atoms with Crippen molar-refractivity contribution in [2.75, 3.05) is 0 Å². The molecule has 0 saturated heterocycles. The first-order chi connectivity index (χ1) is 13.7. The summed E-state index contributed by atoms with van der Waals surface area (Å²) in [4.78, 5) is 24.7. The average molecular weight is 402 g/mol. The van der Waals surface area contributed by atoms with Crippen LogP contribution in [0.25, 0.3) is 5.69 Å². The molecule has 3 aromatic rings. The topological polar surface area (TPSA) is 61.2 Å². The fourth-order valence-electron chi connectivity index (χ4n) is 2.77. The van der Waals surface area contributed by atoms with Gasteiger partial charge in [-0.1, -0.05) is 36.4 Å². The minimum atomic E-state index is -4.53. The van der Waals surface area contributed by atoms with E-state index in [1.165, 1.54) is 19.1 Å². The number of aryl methyl sites for hydroxylation is 1. The maximum atomic E-state index is 13.0. The van der Waals surface area contributed by atoms with E-state index in [1.54, 1.807) is 31.2 Å². The maximum absolute atomic E-state index is 13.0. The van der Waals surface area contributed by atoms with E-state index in [0.29, 0.717) is 0 Å². The number of alkyl halides is 3. The van der Waals surface area contributed by atoms with Gasteiger partial charge in [-0.2, -0.15) is 18.3 Å². The summed E-state index contributed by atoms with van der Waals surface area (Å²) >= 11 is 0. The monoisotopic (exact) mass is 402 g/mol. The number of halogens is 3. The van der Waals surface area contributed by atoms with Crippen LogP contribution in [0.4, 0.5) is 13.2 Å². The Balaban J connectivity index is 1.96. The number of hydrogen-bond donors (Lipinski definition) is 0. The van der Waals surface area contributed by atoms with Gasteiger partial charge in [0, 0.05) is 11.8 Å². The van der Waals surface area contributed by atoms with Crippen LogP contribution in [0.2, 0.25) is 0 Å². The molecular formula is C21H17F3N2O3. The number of rotatable bonds is 4. The van der Waals surface area contributed by atoms with Gasteiger partial charge in [-0.25, -0.2) is 9.48 Å². The molecule has 0 aliphatic carbocycles. The molecule has 2 aromatic carbocycles. The molecule has 0 radical (unpaired) electrons. The van der Waals surface area contributed by atoms with Gasteiger partial charge in [-0.15, -0.1) is 0 Å². The number of benzene rings is 2. The van der Waals surface area contributed by atoms with E-state index < -0.39 is 34.9 Å². The van der Waals surface area contributed by atoms with Crippen molar-refractivity contribution in [3.05, 3.63) is 93.4 Å². The molecule has 0 N–H and O–H groups in total. The number of nitrogens with zero attached hydrogens (tertiary/aromatic N) is 2. The Kier molecular flexibility index (Phi) is 5.54. The molecule has 8 heteroatoms. The van der Waals surface area contributed by atoms with Gasteiger partial charge in [-0.3, -0.25) is 4.79 Å². The zero-order chi connectivity index (χ0) is 21.2. The minimum Gasteiger partial charge on any atom is -0.453 e. The standard InChI is InChI=1S/C21H17F3N2O3/c1-13-11-18(27)19(20(28)29-14(2)15-7-4-3-5-8-15)25-26(13)17-10-6-9-16(12-17)21(22,23)24/h3-12,14H,1-2H3/t14-/m1/s1. The van der Waals surface area contributed by atoms with Crippen molar-refractivity contribution in [1.82, 2.24) is 9.78 Å². The predicted octanol–water partition coefficient (Wildman–Crippen LogP) is 4.48. The number of esters is 1. The Bertz CT molecular complexity index is 1090. The van der Waals surface area contributed by atoms with Crippen molar-refractivity contribution in [2.45, 2.75) is 26.1 Å². The van der Waals surface area contributed by atoms with E-state index in [4.69, 9.17) is 4.74 Å². The molecule has 0 amide bonds. The number of carbonyl (C=O) groups excluding carboxylic acids is 1. The van der Waals surface area contributed by atoms with Crippen molar-refractivity contribution >= 4 is 5.97 Å². The second-order valence-electron chi connectivity index (χ2n) is 6.42. The van der Waals surface area contributed by atoms with Crippen LogP contribution >= 0.6 is 0 Å². The highest BCUT2D eigenvalue weighted by Gasteiger charge is 2.30. The molecule has 3 rings (SSSR count). The number of hydrogen-bond acceptors (Lipinski definition) is 4. The zero-order valence-corrected chi connectivity index (χ0v) is 15.6. The predicted molar refractivity (Wildman–Crippen MR) is 99.8 cm³/mol. The van der Waals surface area contributed by atoms with Crippen molar-refractivity contribution in [3.63, 3.8) is 0 Å². The Labute approximate surface area is 164 Å². The average Bonchev–Trinajstić information content (AvgIpc) is 2.68. The molecule has 0 fully saturated rings. The first-order valence-electron chi connectivity index (χ1n) is 8.71. The molecule has 150 valence electrons. The highest BCUT2D eigenvalue weighted by molar-refractivity contribution is 5.87. The number of ether oxygens (including phenoxy) is 1. The van der Waals surface area contributed by atoms with Gasteiger partial charge in [0.15, 0.2) is 0 Å². The SMILES string of the molecule is Cc1cc(=O)c(C(=O)O[C@H](C)c2ccccc2)nn1-c1cccc(C(F)(F)F)c1. The van der Waals surface area contributed by atoms with Gasteiger partial charge >= 0.3 is 12.1 Å². The summed E-state index contributed by atoms with van der Waals surface area (Å²) in [6.07, 6.45) is -5.16. The van der Waals surface area contributed by atoms with Crippen molar-refractivity contribution < 1.29 is 22.7 Å². The normalized spacial score (nSPS) is 12.4. The highest BCUT2D eigenvalue weighted by Crippen LogP contribution is 2.30. The van der Waals surface area contributed by atoms with Gasteiger partial charge < -0.3 is 4.74 Å². The molecule has 1 aromatic heterocycles. The molecule has 5 nitrogen and oxygen atoms in total. The molecule has 0 aliphatic heterocycles. The Morgan fingerprint density at radius 1 is 1.07 bits per heavy atom. The highest BCUT2D eigenvalue weighted by atomic mass is 19.4. The van der Waals surface area contributed by atoms with Gasteiger partial charge in [0.2, 0.25) is 11.1 Å². The van der Waals surface area contributed by atoms with E-state index in [2.05, 4.69) is 5.10 Å². The lowest BCUT2D eigenvalue weighted by atomic mass is 10.1. The summed E-state index contributed by atoms with van der Waals surface area (Å²) in [5, 5.41) is 3.97. The fraction of sp³-hybridized carbons (Fsp3) is 0.190. The molecule has 0 aliphatic rings. The minimum absolute atomic E-state index is 0.0717. The van der Waals surface area contributed by atoms with Crippen LogP contribution in [-0.4, -0.2) is 15.7 Å². The lowest BCUT2D eigenvalue weighted by molar-refractivity contribution is -0.137. The summed E-state index contributed by atoms with van der Waals surface area (Å²) < 4.78 is 45.4. The fourth-order valence-corrected chi connectivity index (χ4v) is 2.77. The third kappa shape index (κ3) is 4.53. The van der Waals surface area contributed by atoms with Crippen LogP contribution in [0, 0.1) is 6.92 Å². The second kappa shape index (κ2) is 7.90. The molecule has 0 bridgehead atoms. The van der Waals surface area contributed by atoms with Crippen LogP contribution in [-0.2, 0) is 10.9 Å². The summed E-state index contributed by atoms with van der Waals surface area (Å²) in [5.74, 6) is -0.952. The lowest BCUT2D eigenvalue weighted by Gasteiger charge is -2.15. The Morgan fingerprint density at radius 3 is 2.41 bits per heavy atom. The third-order valence-corrected chi connectivity index (χ3v) is 4.27. The van der Waals surface area contributed by atoms with Crippen LogP contribution in [0.1, 0.15) is 40.3 Å².